The summed E-state index contributed by atoms with van der Waals surface area (Å²) in [6, 6.07) is 6.30. The highest BCUT2D eigenvalue weighted by Gasteiger charge is 2.33. The van der Waals surface area contributed by atoms with Gasteiger partial charge in [0.2, 0.25) is 0 Å². The van der Waals surface area contributed by atoms with Crippen LogP contribution in [0.25, 0.3) is 5.52 Å². The molecule has 0 fully saturated rings. The molecule has 1 atom stereocenters. The summed E-state index contributed by atoms with van der Waals surface area (Å²) < 4.78 is 3.79. The van der Waals surface area contributed by atoms with E-state index < -0.39 is 0 Å². The number of H-pyrrole nitrogens is 1. The van der Waals surface area contributed by atoms with Crippen molar-refractivity contribution >= 4 is 11.2 Å². The van der Waals surface area contributed by atoms with Gasteiger partial charge in [-0.1, -0.05) is 6.07 Å². The van der Waals surface area contributed by atoms with E-state index in [1.165, 1.54) is 11.3 Å². The van der Waals surface area contributed by atoms with E-state index >= 15 is 0 Å². The Labute approximate surface area is 144 Å². The lowest BCUT2D eigenvalue weighted by Gasteiger charge is -2.34. The van der Waals surface area contributed by atoms with E-state index in [0.717, 1.165) is 35.6 Å². The lowest BCUT2D eigenvalue weighted by molar-refractivity contribution is 0.617. The number of aryl methyl sites for hydroxylation is 2. The third-order valence-corrected chi connectivity index (χ3v) is 4.96. The summed E-state index contributed by atoms with van der Waals surface area (Å²) >= 11 is 0. The van der Waals surface area contributed by atoms with Gasteiger partial charge in [-0.25, -0.2) is 9.50 Å². The molecule has 0 radical (unpaired) electrons. The highest BCUT2D eigenvalue weighted by Crippen LogP contribution is 2.36. The third-order valence-electron chi connectivity index (χ3n) is 4.96. The minimum atomic E-state index is -0.0153. The Balaban J connectivity index is 1.69. The van der Waals surface area contributed by atoms with Gasteiger partial charge < -0.3 is 9.88 Å². The number of nitrogens with zero attached hydrogens (tertiary/aromatic N) is 6. The summed E-state index contributed by atoms with van der Waals surface area (Å²) in [5.74, 6) is 0. The van der Waals surface area contributed by atoms with Crippen LogP contribution in [-0.4, -0.2) is 35.9 Å². The molecule has 0 spiro atoms. The summed E-state index contributed by atoms with van der Waals surface area (Å²) in [7, 11) is 1.94. The van der Waals surface area contributed by atoms with Crippen molar-refractivity contribution in [3.05, 3.63) is 65.8 Å². The van der Waals surface area contributed by atoms with Crippen LogP contribution in [0.15, 0.2) is 43.1 Å². The Morgan fingerprint density at radius 1 is 1.32 bits per heavy atom. The largest absolute Gasteiger partial charge is 0.354 e. The average Bonchev–Trinajstić information content (AvgIpc) is 3.32. The number of imidazole rings is 1. The molecule has 4 aromatic rings. The molecule has 0 amide bonds. The number of hydrogen-bond acceptors (Lipinski definition) is 4. The van der Waals surface area contributed by atoms with E-state index in [-0.39, 0.29) is 6.04 Å². The lowest BCUT2D eigenvalue weighted by Crippen LogP contribution is -2.36. The molecule has 1 N–H and O–H groups in total. The Morgan fingerprint density at radius 3 is 3.04 bits per heavy atom. The van der Waals surface area contributed by atoms with Gasteiger partial charge in [-0.2, -0.15) is 10.2 Å². The molecular formula is C18H19N7. The topological polar surface area (TPSA) is 67.0 Å². The van der Waals surface area contributed by atoms with Crippen molar-refractivity contribution in [1.29, 1.82) is 0 Å². The normalized spacial score (nSPS) is 17.2. The summed E-state index contributed by atoms with van der Waals surface area (Å²) in [6.45, 7) is 3.01. The van der Waals surface area contributed by atoms with Gasteiger partial charge in [0.1, 0.15) is 6.04 Å². The van der Waals surface area contributed by atoms with Crippen LogP contribution in [0.5, 0.6) is 0 Å². The number of rotatable bonds is 2. The number of fused-ring (bicyclic) bond motifs is 2. The first-order valence-electron chi connectivity index (χ1n) is 8.43. The highest BCUT2D eigenvalue weighted by molar-refractivity contribution is 5.58. The van der Waals surface area contributed by atoms with Crippen molar-refractivity contribution in [2.45, 2.75) is 19.4 Å². The standard InChI is InChI=1S/C18H19N7/c1-12-4-3-6-25-16(12)8-15(22-25)18-17-14(19-11-20-17)5-7-24(18)13-9-21-23(2)10-13/h3-4,6,8-11,18H,5,7H2,1-2H3,(H,19,20). The maximum atomic E-state index is 4.85. The van der Waals surface area contributed by atoms with Gasteiger partial charge >= 0.3 is 0 Å². The van der Waals surface area contributed by atoms with Crippen molar-refractivity contribution in [3.8, 4) is 0 Å². The lowest BCUT2D eigenvalue weighted by atomic mass is 9.99. The number of aromatic nitrogens is 6. The van der Waals surface area contributed by atoms with Crippen LogP contribution < -0.4 is 4.90 Å². The van der Waals surface area contributed by atoms with Crippen LogP contribution in [0.2, 0.25) is 0 Å². The van der Waals surface area contributed by atoms with Gasteiger partial charge in [0.15, 0.2) is 0 Å². The number of anilines is 1. The monoisotopic (exact) mass is 333 g/mol. The average molecular weight is 333 g/mol. The summed E-state index contributed by atoms with van der Waals surface area (Å²) in [6.07, 6.45) is 8.67. The second-order valence-corrected chi connectivity index (χ2v) is 6.57. The Kier molecular flexibility index (Phi) is 2.97. The van der Waals surface area contributed by atoms with E-state index in [1.54, 1.807) is 6.33 Å². The fourth-order valence-corrected chi connectivity index (χ4v) is 3.72. The SMILES string of the molecule is Cc1cccn2nc(C3c4nc[nH]c4CCN3c3cnn(C)c3)cc12. The number of nitrogens with one attached hydrogen (secondary N) is 1. The van der Waals surface area contributed by atoms with Gasteiger partial charge in [0, 0.05) is 38.1 Å². The molecule has 25 heavy (non-hydrogen) atoms. The Morgan fingerprint density at radius 2 is 2.24 bits per heavy atom. The molecule has 5 heterocycles. The maximum absolute atomic E-state index is 4.85. The molecule has 1 unspecified atom stereocenters. The van der Waals surface area contributed by atoms with Crippen LogP contribution >= 0.6 is 0 Å². The smallest absolute Gasteiger partial charge is 0.118 e. The van der Waals surface area contributed by atoms with E-state index in [1.807, 2.05) is 40.9 Å². The molecule has 7 nitrogen and oxygen atoms in total. The highest BCUT2D eigenvalue weighted by atomic mass is 15.3. The second-order valence-electron chi connectivity index (χ2n) is 6.57. The first kappa shape index (κ1) is 14.3. The number of aromatic amines is 1. The predicted molar refractivity (Wildman–Crippen MR) is 94.6 cm³/mol. The minimum Gasteiger partial charge on any atom is -0.354 e. The van der Waals surface area contributed by atoms with Crippen molar-refractivity contribution in [2.75, 3.05) is 11.4 Å². The van der Waals surface area contributed by atoms with Gasteiger partial charge in [-0.3, -0.25) is 4.68 Å². The molecule has 1 aliphatic heterocycles. The summed E-state index contributed by atoms with van der Waals surface area (Å²) in [4.78, 5) is 10.2. The van der Waals surface area contributed by atoms with E-state index in [9.17, 15) is 0 Å². The van der Waals surface area contributed by atoms with Crippen LogP contribution in [0.3, 0.4) is 0 Å². The molecule has 1 aliphatic rings. The van der Waals surface area contributed by atoms with E-state index in [4.69, 9.17) is 5.10 Å². The minimum absolute atomic E-state index is 0.0153. The first-order valence-corrected chi connectivity index (χ1v) is 8.43. The van der Waals surface area contributed by atoms with Crippen LogP contribution in [0.4, 0.5) is 5.69 Å². The zero-order chi connectivity index (χ0) is 17.0. The molecule has 0 aromatic carbocycles. The zero-order valence-electron chi connectivity index (χ0n) is 14.2. The van der Waals surface area contributed by atoms with Crippen molar-refractivity contribution in [1.82, 2.24) is 29.4 Å². The molecule has 126 valence electrons. The second kappa shape index (κ2) is 5.20. The Bertz CT molecular complexity index is 1050. The van der Waals surface area contributed by atoms with Crippen molar-refractivity contribution < 1.29 is 0 Å². The predicted octanol–water partition coefficient (Wildman–Crippen LogP) is 2.25. The molecule has 5 rings (SSSR count). The number of pyridine rings is 1. The summed E-state index contributed by atoms with van der Waals surface area (Å²) in [5.41, 5.74) is 6.69. The van der Waals surface area contributed by atoms with Crippen LogP contribution in [0, 0.1) is 6.92 Å². The number of hydrogen-bond donors (Lipinski definition) is 1. The first-order chi connectivity index (χ1) is 12.2. The van der Waals surface area contributed by atoms with Gasteiger partial charge in [-0.15, -0.1) is 0 Å². The van der Waals surface area contributed by atoms with Crippen molar-refractivity contribution in [3.63, 3.8) is 0 Å². The fourth-order valence-electron chi connectivity index (χ4n) is 3.72. The van der Waals surface area contributed by atoms with Crippen LogP contribution in [-0.2, 0) is 13.5 Å². The third kappa shape index (κ3) is 2.15. The van der Waals surface area contributed by atoms with Crippen LogP contribution in [0.1, 0.15) is 28.7 Å². The molecule has 0 aliphatic carbocycles. The Hall–Kier alpha value is -3.09. The van der Waals surface area contributed by atoms with Gasteiger partial charge in [-0.05, 0) is 24.6 Å². The van der Waals surface area contributed by atoms with Gasteiger partial charge in [0.05, 0.1) is 35.1 Å². The quantitative estimate of drug-likeness (QED) is 0.611. The van der Waals surface area contributed by atoms with Gasteiger partial charge in [0.25, 0.3) is 0 Å². The molecule has 4 aromatic heterocycles. The molecule has 0 saturated heterocycles. The summed E-state index contributed by atoms with van der Waals surface area (Å²) in [5, 5.41) is 9.19. The van der Waals surface area contributed by atoms with E-state index in [2.05, 4.69) is 39.0 Å². The van der Waals surface area contributed by atoms with E-state index in [0.29, 0.717) is 0 Å². The molecule has 0 bridgehead atoms. The molecule has 7 heteroatoms. The van der Waals surface area contributed by atoms with Crippen molar-refractivity contribution in [2.24, 2.45) is 7.05 Å². The zero-order valence-corrected chi connectivity index (χ0v) is 14.2. The maximum Gasteiger partial charge on any atom is 0.118 e. The fraction of sp³-hybridized carbons (Fsp3) is 0.278. The molecule has 0 saturated carbocycles. The molecular weight excluding hydrogens is 314 g/mol.